The van der Waals surface area contributed by atoms with Crippen LogP contribution in [0.5, 0.6) is 11.5 Å². The van der Waals surface area contributed by atoms with Crippen LogP contribution in [0.2, 0.25) is 5.02 Å². The van der Waals surface area contributed by atoms with E-state index in [1.54, 1.807) is 6.07 Å². The Balaban J connectivity index is 1.88. The molecule has 0 spiro atoms. The van der Waals surface area contributed by atoms with Gasteiger partial charge in [-0.2, -0.15) is 9.48 Å². The van der Waals surface area contributed by atoms with Crippen LogP contribution in [-0.4, -0.2) is 24.3 Å². The van der Waals surface area contributed by atoms with Crippen LogP contribution in [0, 0.1) is 0 Å². The van der Waals surface area contributed by atoms with Gasteiger partial charge in [0.2, 0.25) is 17.2 Å². The van der Waals surface area contributed by atoms with E-state index < -0.39 is 0 Å². The van der Waals surface area contributed by atoms with Crippen molar-refractivity contribution in [3.05, 3.63) is 62.3 Å². The zero-order valence-corrected chi connectivity index (χ0v) is 17.4. The summed E-state index contributed by atoms with van der Waals surface area (Å²) < 4.78 is 12.5. The van der Waals surface area contributed by atoms with Crippen molar-refractivity contribution >= 4 is 55.0 Å². The zero-order valence-electron chi connectivity index (χ0n) is 13.5. The Bertz CT molecular complexity index is 934. The third-order valence-electron chi connectivity index (χ3n) is 4.46. The summed E-state index contributed by atoms with van der Waals surface area (Å²) in [5.74, 6) is 1.89. The van der Waals surface area contributed by atoms with E-state index in [2.05, 4.69) is 36.9 Å². The van der Waals surface area contributed by atoms with Crippen molar-refractivity contribution in [1.82, 2.24) is 4.48 Å². The van der Waals surface area contributed by atoms with E-state index in [9.17, 15) is 5.11 Å². The highest BCUT2D eigenvalue weighted by Gasteiger charge is 2.47. The van der Waals surface area contributed by atoms with Gasteiger partial charge in [-0.05, 0) is 22.0 Å². The molecule has 8 heteroatoms. The van der Waals surface area contributed by atoms with E-state index in [1.165, 1.54) is 0 Å². The minimum absolute atomic E-state index is 0.187. The van der Waals surface area contributed by atoms with Gasteiger partial charge < -0.3 is 14.6 Å². The standard InChI is InChI=1S/C18H14Br2ClN2O3/c19-17-18(20)23(16(9-24)22-17,12-4-2-1-3-5-12)8-11-6-14-15(7-13(11)21)26-10-25-14/h1-7,24H,8-10H2/q+1. The average molecular weight is 502 g/mol. The minimum atomic E-state index is -0.193. The Labute approximate surface area is 172 Å². The maximum atomic E-state index is 10.0. The van der Waals surface area contributed by atoms with Crippen LogP contribution in [0.3, 0.4) is 0 Å². The quantitative estimate of drug-likeness (QED) is 0.479. The summed E-state index contributed by atoms with van der Waals surface area (Å²) >= 11 is 13.7. The molecule has 5 nitrogen and oxygen atoms in total. The van der Waals surface area contributed by atoms with E-state index in [1.807, 2.05) is 36.4 Å². The van der Waals surface area contributed by atoms with Gasteiger partial charge in [0.25, 0.3) is 0 Å². The number of benzene rings is 2. The first kappa shape index (κ1) is 18.0. The fourth-order valence-electron chi connectivity index (χ4n) is 3.20. The largest absolute Gasteiger partial charge is 0.454 e. The van der Waals surface area contributed by atoms with E-state index in [4.69, 9.17) is 21.1 Å². The molecule has 0 fully saturated rings. The van der Waals surface area contributed by atoms with Crippen LogP contribution in [0.4, 0.5) is 5.69 Å². The fourth-order valence-corrected chi connectivity index (χ4v) is 4.55. The van der Waals surface area contributed by atoms with Crippen molar-refractivity contribution in [1.29, 1.82) is 0 Å². The Morgan fingerprint density at radius 3 is 2.50 bits per heavy atom. The second-order valence-corrected chi connectivity index (χ2v) is 7.78. The number of aliphatic hydroxyl groups is 1. The van der Waals surface area contributed by atoms with Crippen LogP contribution in [0.1, 0.15) is 5.56 Å². The SMILES string of the molecule is OCC1=NC(Br)=C(Br)[N+]1(Cc1cc2c(cc1Cl)OCO2)c1ccccc1. The van der Waals surface area contributed by atoms with Crippen molar-refractivity contribution in [3.63, 3.8) is 0 Å². The lowest BCUT2D eigenvalue weighted by atomic mass is 10.1. The summed E-state index contributed by atoms with van der Waals surface area (Å²) in [6.07, 6.45) is 0. The highest BCUT2D eigenvalue weighted by atomic mass is 79.9. The van der Waals surface area contributed by atoms with Gasteiger partial charge in [0, 0.05) is 39.7 Å². The molecule has 0 amide bonds. The highest BCUT2D eigenvalue weighted by Crippen LogP contribution is 2.45. The molecule has 0 bridgehead atoms. The van der Waals surface area contributed by atoms with Crippen LogP contribution < -0.4 is 14.0 Å². The van der Waals surface area contributed by atoms with Gasteiger partial charge in [-0.15, -0.1) is 0 Å². The topological polar surface area (TPSA) is 51.1 Å². The first-order valence-corrected chi connectivity index (χ1v) is 9.79. The van der Waals surface area contributed by atoms with Gasteiger partial charge in [0.05, 0.1) is 5.02 Å². The molecule has 0 saturated carbocycles. The van der Waals surface area contributed by atoms with Gasteiger partial charge >= 0.3 is 0 Å². The van der Waals surface area contributed by atoms with Crippen molar-refractivity contribution in [3.8, 4) is 11.5 Å². The van der Waals surface area contributed by atoms with Crippen molar-refractivity contribution in [2.24, 2.45) is 4.99 Å². The molecule has 0 aliphatic carbocycles. The van der Waals surface area contributed by atoms with Gasteiger partial charge in [0.15, 0.2) is 16.1 Å². The molecule has 0 radical (unpaired) electrons. The summed E-state index contributed by atoms with van der Waals surface area (Å²) in [6.45, 7) is 0.447. The summed E-state index contributed by atoms with van der Waals surface area (Å²) in [7, 11) is 0. The van der Waals surface area contributed by atoms with Crippen molar-refractivity contribution < 1.29 is 14.6 Å². The van der Waals surface area contributed by atoms with Crippen LogP contribution in [0.15, 0.2) is 56.7 Å². The number of hydrogen-bond donors (Lipinski definition) is 1. The predicted molar refractivity (Wildman–Crippen MR) is 109 cm³/mol. The van der Waals surface area contributed by atoms with E-state index in [0.717, 1.165) is 15.9 Å². The molecule has 0 aromatic heterocycles. The Kier molecular flexibility index (Phi) is 4.83. The molecule has 2 aromatic rings. The van der Waals surface area contributed by atoms with E-state index in [-0.39, 0.29) is 17.9 Å². The molecule has 2 aliphatic heterocycles. The van der Waals surface area contributed by atoms with Gasteiger partial charge in [-0.25, -0.2) is 0 Å². The maximum Gasteiger partial charge on any atom is 0.241 e. The summed E-state index contributed by atoms with van der Waals surface area (Å²) in [4.78, 5) is 4.51. The number of aliphatic imine (C=N–C) groups is 1. The molecule has 2 heterocycles. The molecule has 2 aromatic carbocycles. The van der Waals surface area contributed by atoms with E-state index in [0.29, 0.717) is 33.5 Å². The summed E-state index contributed by atoms with van der Waals surface area (Å²) in [5, 5.41) is 10.6. The third kappa shape index (κ3) is 2.78. The van der Waals surface area contributed by atoms with Gasteiger partial charge in [0.1, 0.15) is 18.8 Å². The van der Waals surface area contributed by atoms with Crippen LogP contribution >= 0.6 is 43.5 Å². The second-order valence-electron chi connectivity index (χ2n) is 5.87. The smallest absolute Gasteiger partial charge is 0.241 e. The molecule has 0 saturated heterocycles. The van der Waals surface area contributed by atoms with Gasteiger partial charge in [-0.3, -0.25) is 0 Å². The maximum absolute atomic E-state index is 10.0. The third-order valence-corrected chi connectivity index (χ3v) is 6.88. The number of rotatable bonds is 4. The van der Waals surface area contributed by atoms with Crippen LogP contribution in [-0.2, 0) is 6.54 Å². The lowest BCUT2D eigenvalue weighted by Crippen LogP contribution is -2.50. The second kappa shape index (κ2) is 6.98. The number of ether oxygens (including phenoxy) is 2. The number of fused-ring (bicyclic) bond motifs is 1. The monoisotopic (exact) mass is 499 g/mol. The Morgan fingerprint density at radius 1 is 1.12 bits per heavy atom. The van der Waals surface area contributed by atoms with Crippen LogP contribution in [0.25, 0.3) is 0 Å². The molecule has 26 heavy (non-hydrogen) atoms. The summed E-state index contributed by atoms with van der Waals surface area (Å²) in [6, 6.07) is 13.5. The number of para-hydroxylation sites is 1. The van der Waals surface area contributed by atoms with E-state index >= 15 is 0 Å². The first-order valence-electron chi connectivity index (χ1n) is 7.83. The summed E-state index contributed by atoms with van der Waals surface area (Å²) in [5.41, 5.74) is 1.82. The van der Waals surface area contributed by atoms with Crippen molar-refractivity contribution in [2.45, 2.75) is 6.54 Å². The van der Waals surface area contributed by atoms with Crippen molar-refractivity contribution in [2.75, 3.05) is 13.4 Å². The molecule has 134 valence electrons. The zero-order chi connectivity index (χ0) is 18.3. The highest BCUT2D eigenvalue weighted by molar-refractivity contribution is 9.14. The average Bonchev–Trinajstić information content (AvgIpc) is 3.20. The van der Waals surface area contributed by atoms with Gasteiger partial charge in [-0.1, -0.05) is 29.8 Å². The molecule has 1 N–H and O–H groups in total. The number of hydrogen-bond acceptors (Lipinski definition) is 4. The molecule has 4 rings (SSSR count). The molecule has 2 aliphatic rings. The molecular formula is C18H14Br2ClN2O3+. The molecule has 1 atom stereocenters. The number of halogens is 3. The Hall–Kier alpha value is -1.38. The predicted octanol–water partition coefficient (Wildman–Crippen LogP) is 4.90. The Morgan fingerprint density at radius 2 is 1.81 bits per heavy atom. The number of nitrogens with zero attached hydrogens (tertiary/aromatic N) is 2. The number of aliphatic hydroxyl groups excluding tert-OH is 1. The normalized spacial score (nSPS) is 21.3. The minimum Gasteiger partial charge on any atom is -0.454 e. The molecule has 1 unspecified atom stereocenters. The number of quaternary nitrogens is 1. The molecular weight excluding hydrogens is 487 g/mol. The first-order chi connectivity index (χ1) is 12.6. The number of amidine groups is 1. The lowest BCUT2D eigenvalue weighted by molar-refractivity contribution is 0.174. The lowest BCUT2D eigenvalue weighted by Gasteiger charge is -2.34. The fraction of sp³-hybridized carbons (Fsp3) is 0.167.